The Morgan fingerprint density at radius 3 is 1.91 bits per heavy atom. The molecule has 4 rings (SSSR count). The third-order valence-electron chi connectivity index (χ3n) is 16.7. The van der Waals surface area contributed by atoms with E-state index >= 15 is 0 Å². The number of aromatic nitrogens is 1. The second kappa shape index (κ2) is 35.2. The first-order valence-corrected chi connectivity index (χ1v) is 29.8. The van der Waals surface area contributed by atoms with Crippen molar-refractivity contribution in [3.8, 4) is 11.8 Å². The highest BCUT2D eigenvalue weighted by molar-refractivity contribution is 5.92. The van der Waals surface area contributed by atoms with Crippen LogP contribution in [-0.4, -0.2) is 189 Å². The summed E-state index contributed by atoms with van der Waals surface area (Å²) in [4.78, 5) is 97.9. The maximum Gasteiger partial charge on any atom is 0.335 e. The molecular formula is C61H100N6O15. The highest BCUT2D eigenvalue weighted by atomic mass is 16.7. The number of hydrogen-bond acceptors (Lipinski definition) is 16. The fourth-order valence-corrected chi connectivity index (χ4v) is 11.3. The predicted octanol–water partition coefficient (Wildman–Crippen LogP) is 6.18. The lowest BCUT2D eigenvalue weighted by Crippen LogP contribution is -2.56. The number of hydroxylamine groups is 2. The smallest absolute Gasteiger partial charge is 0.335 e. The van der Waals surface area contributed by atoms with Crippen molar-refractivity contribution >= 4 is 35.4 Å². The van der Waals surface area contributed by atoms with E-state index in [0.29, 0.717) is 63.6 Å². The number of ether oxygens (including phenoxy) is 5. The van der Waals surface area contributed by atoms with Crippen molar-refractivity contribution in [2.24, 2.45) is 41.4 Å². The van der Waals surface area contributed by atoms with Crippen molar-refractivity contribution in [2.45, 2.75) is 163 Å². The maximum atomic E-state index is 14.6. The topological polar surface area (TPSA) is 246 Å². The quantitative estimate of drug-likeness (QED) is 0.0552. The number of amides is 4. The summed E-state index contributed by atoms with van der Waals surface area (Å²) < 4.78 is 29.7. The summed E-state index contributed by atoms with van der Waals surface area (Å²) in [5.74, 6) is -4.31. The number of nitrogens with one attached hydrogen (secondary N) is 2. The van der Waals surface area contributed by atoms with Gasteiger partial charge in [0.1, 0.15) is 6.04 Å². The molecule has 82 heavy (non-hydrogen) atoms. The molecule has 0 aliphatic carbocycles. The number of carbonyl (C=O) groups is 6. The Bertz CT molecular complexity index is 2240. The molecule has 1 aromatic heterocycles. The van der Waals surface area contributed by atoms with Crippen LogP contribution in [0.25, 0.3) is 0 Å². The van der Waals surface area contributed by atoms with Crippen molar-refractivity contribution < 1.29 is 72.3 Å². The predicted molar refractivity (Wildman–Crippen MR) is 309 cm³/mol. The number of hydrogen-bond donors (Lipinski definition) is 4. The lowest BCUT2D eigenvalue weighted by Gasteiger charge is -2.38. The standard InChI is InChI=1S/C61H100N6O15/c1-14-41(6)47(49(76-12)38-52(70)65-27-20-23-48(65)58(77-13)45(10)59(73)63-55(44(9)46-21-16-15-17-22-46)61(75)66-28-18-19-30-81-66)37-42(7)43(8)57(72)54(39(2)3)62-60(74)56(40(4)5)64(11)29-32-79-34-36-80-35-33-78-31-26-53(71)82-67-50(68)24-25-51(67)69/h15-17,21-22,24-25,39-45,47-49,54-56,58,68-69H,14,18-20,23,26-38H2,1-13H3,(H,62,74)(H,63,73). The number of carbonyl (C=O) groups excluding carboxylic acids is 6. The van der Waals surface area contributed by atoms with Crippen LogP contribution in [0.1, 0.15) is 132 Å². The molecule has 4 amide bonds. The molecule has 0 radical (unpaired) electrons. The number of Topliss-reactive ketones (excluding diaryl/α,β-unsaturated/α-hetero) is 1. The monoisotopic (exact) mass is 1160 g/mol. The molecule has 464 valence electrons. The number of benzene rings is 1. The van der Waals surface area contributed by atoms with E-state index in [9.17, 15) is 39.0 Å². The molecule has 0 saturated carbocycles. The lowest BCUT2D eigenvalue weighted by molar-refractivity contribution is -0.200. The average Bonchev–Trinajstić information content (AvgIpc) is 4.22. The summed E-state index contributed by atoms with van der Waals surface area (Å²) in [6, 6.07) is 9.47. The van der Waals surface area contributed by atoms with Gasteiger partial charge in [-0.2, -0.15) is 0 Å². The van der Waals surface area contributed by atoms with Crippen LogP contribution in [-0.2, 0) is 57.3 Å². The second-order valence-electron chi connectivity index (χ2n) is 23.2. The molecule has 1 aromatic carbocycles. The average molecular weight is 1160 g/mol. The van der Waals surface area contributed by atoms with Crippen molar-refractivity contribution in [3.05, 3.63) is 48.0 Å². The van der Waals surface area contributed by atoms with Crippen LogP contribution in [0, 0.1) is 41.4 Å². The van der Waals surface area contributed by atoms with Crippen molar-refractivity contribution in [1.82, 2.24) is 30.2 Å². The number of rotatable bonds is 37. The van der Waals surface area contributed by atoms with Gasteiger partial charge in [-0.25, -0.2) is 9.86 Å². The zero-order valence-corrected chi connectivity index (χ0v) is 51.3. The molecule has 2 fully saturated rings. The molecule has 2 saturated heterocycles. The van der Waals surface area contributed by atoms with Crippen LogP contribution in [0.5, 0.6) is 11.8 Å². The molecule has 2 aromatic rings. The van der Waals surface area contributed by atoms with Gasteiger partial charge in [-0.3, -0.25) is 33.7 Å². The van der Waals surface area contributed by atoms with Crippen LogP contribution in [0.15, 0.2) is 42.5 Å². The fraction of sp³-hybridized carbons (Fsp3) is 0.738. The molecule has 21 heteroatoms. The first-order chi connectivity index (χ1) is 39.1. The van der Waals surface area contributed by atoms with E-state index in [-0.39, 0.29) is 104 Å². The molecular weight excluding hydrogens is 1060 g/mol. The van der Waals surface area contributed by atoms with Gasteiger partial charge in [0.25, 0.3) is 5.91 Å². The Kier molecular flexibility index (Phi) is 29.8. The highest BCUT2D eigenvalue weighted by Crippen LogP contribution is 2.35. The van der Waals surface area contributed by atoms with Gasteiger partial charge in [0.15, 0.2) is 5.78 Å². The fourth-order valence-electron chi connectivity index (χ4n) is 11.3. The van der Waals surface area contributed by atoms with E-state index in [1.54, 1.807) is 21.1 Å². The number of aromatic hydroxyl groups is 2. The number of nitrogens with zero attached hydrogens (tertiary/aromatic N) is 4. The van der Waals surface area contributed by atoms with Gasteiger partial charge in [0.05, 0.1) is 95.3 Å². The van der Waals surface area contributed by atoms with E-state index in [1.807, 2.05) is 88.7 Å². The molecule has 0 bridgehead atoms. The number of ketones is 1. The largest absolute Gasteiger partial charge is 0.492 e. The molecule has 0 spiro atoms. The molecule has 3 heterocycles. The minimum atomic E-state index is -0.888. The van der Waals surface area contributed by atoms with Crippen molar-refractivity contribution in [2.75, 3.05) is 87.1 Å². The number of methoxy groups -OCH3 is 2. The summed E-state index contributed by atoms with van der Waals surface area (Å²) in [6.45, 7) is 23.2. The SMILES string of the molecule is CCC(C)C(CC(C)C(C)C(=O)C(NC(=O)C(C(C)C)N(C)CCOCCOCCOCCC(=O)On1c(O)ccc1O)C(C)C)C(CC(=O)N1CCCC1C(OC)C(C)C(=O)NC(C(=O)N1CCCCO1)C(C)c1ccccc1)OC. The zero-order chi connectivity index (χ0) is 60.6. The summed E-state index contributed by atoms with van der Waals surface area (Å²) in [6.07, 6.45) is 3.40. The Balaban J connectivity index is 1.30. The van der Waals surface area contributed by atoms with Crippen LogP contribution >= 0.6 is 0 Å². The maximum absolute atomic E-state index is 14.6. The molecule has 21 nitrogen and oxygen atoms in total. The van der Waals surface area contributed by atoms with Crippen LogP contribution in [0.4, 0.5) is 0 Å². The number of likely N-dealkylation sites (tertiary alicyclic amines) is 1. The van der Waals surface area contributed by atoms with Crippen LogP contribution < -0.4 is 15.5 Å². The first-order valence-electron chi connectivity index (χ1n) is 29.8. The van der Waals surface area contributed by atoms with E-state index in [4.69, 9.17) is 33.4 Å². The summed E-state index contributed by atoms with van der Waals surface area (Å²) in [7, 11) is 5.06. The summed E-state index contributed by atoms with van der Waals surface area (Å²) in [5, 5.41) is 26.8. The molecule has 12 atom stereocenters. The minimum Gasteiger partial charge on any atom is -0.492 e. The lowest BCUT2D eigenvalue weighted by atomic mass is 9.74. The van der Waals surface area contributed by atoms with E-state index in [1.165, 1.54) is 17.2 Å². The Morgan fingerprint density at radius 2 is 1.34 bits per heavy atom. The molecule has 12 unspecified atom stereocenters. The van der Waals surface area contributed by atoms with Gasteiger partial charge >= 0.3 is 5.97 Å². The second-order valence-corrected chi connectivity index (χ2v) is 23.2. The van der Waals surface area contributed by atoms with E-state index in [0.717, 1.165) is 31.2 Å². The summed E-state index contributed by atoms with van der Waals surface area (Å²) >= 11 is 0. The van der Waals surface area contributed by atoms with Gasteiger partial charge in [-0.1, -0.05) is 106 Å². The molecule has 4 N–H and O–H groups in total. The first kappa shape index (κ1) is 69.3. The highest BCUT2D eigenvalue weighted by Gasteiger charge is 2.44. The van der Waals surface area contributed by atoms with Gasteiger partial charge in [-0.15, -0.1) is 4.73 Å². The molecule has 2 aliphatic heterocycles. The summed E-state index contributed by atoms with van der Waals surface area (Å²) in [5.41, 5.74) is 0.908. The van der Waals surface area contributed by atoms with E-state index < -0.39 is 59.9 Å². The van der Waals surface area contributed by atoms with Gasteiger partial charge in [0, 0.05) is 57.8 Å². The third-order valence-corrected chi connectivity index (χ3v) is 16.7. The van der Waals surface area contributed by atoms with Gasteiger partial charge in [-0.05, 0) is 74.3 Å². The van der Waals surface area contributed by atoms with E-state index in [2.05, 4.69) is 31.4 Å². The third kappa shape index (κ3) is 20.3. The van der Waals surface area contributed by atoms with Gasteiger partial charge in [0.2, 0.25) is 29.5 Å². The van der Waals surface area contributed by atoms with Crippen molar-refractivity contribution in [3.63, 3.8) is 0 Å². The van der Waals surface area contributed by atoms with Gasteiger partial charge < -0.3 is 54.3 Å². The normalized spacial score (nSPS) is 19.0. The molecule has 2 aliphatic rings. The Labute approximate surface area is 487 Å². The van der Waals surface area contributed by atoms with Crippen molar-refractivity contribution in [1.29, 1.82) is 0 Å². The Morgan fingerprint density at radius 1 is 0.720 bits per heavy atom. The number of likely N-dealkylation sites (N-methyl/N-ethyl adjacent to an activating group) is 1. The van der Waals surface area contributed by atoms with Crippen LogP contribution in [0.3, 0.4) is 0 Å². The van der Waals surface area contributed by atoms with Crippen LogP contribution in [0.2, 0.25) is 0 Å². The zero-order valence-electron chi connectivity index (χ0n) is 51.3. The minimum absolute atomic E-state index is 0.0472. The Hall–Kier alpha value is -5.16.